The molecule has 0 aliphatic rings. The molecule has 0 fully saturated rings. The molecular weight excluding hydrogens is 266 g/mol. The molecule has 0 saturated heterocycles. The number of nitrogens with zero attached hydrogens (tertiary/aromatic N) is 1. The van der Waals surface area contributed by atoms with E-state index in [9.17, 15) is 4.79 Å². The quantitative estimate of drug-likeness (QED) is 0.350. The first-order valence-corrected chi connectivity index (χ1v) is 7.35. The van der Waals surface area contributed by atoms with Crippen molar-refractivity contribution in [1.29, 1.82) is 0 Å². The number of carbonyl (C=O) groups is 1. The largest absolute Gasteiger partial charge is 0.466 e. The van der Waals surface area contributed by atoms with E-state index in [4.69, 9.17) is 4.74 Å². The Morgan fingerprint density at radius 3 is 2.67 bits per heavy atom. The lowest BCUT2D eigenvalue weighted by Gasteiger charge is -2.18. The maximum Gasteiger partial charge on any atom is 0.305 e. The highest BCUT2D eigenvalue weighted by atomic mass is 16.5. The maximum absolute atomic E-state index is 11.2. The lowest BCUT2D eigenvalue weighted by atomic mass is 10.1. The van der Waals surface area contributed by atoms with Crippen molar-refractivity contribution in [2.45, 2.75) is 32.7 Å². The SMILES string of the molecule is CCOC(=O)CCCNC(=NC)NC(C)c1ccccc1. The number of benzene rings is 1. The molecule has 116 valence electrons. The van der Waals surface area contributed by atoms with Gasteiger partial charge in [-0.2, -0.15) is 0 Å². The summed E-state index contributed by atoms with van der Waals surface area (Å²) in [7, 11) is 1.73. The van der Waals surface area contributed by atoms with Crippen LogP contribution in [0.2, 0.25) is 0 Å². The Morgan fingerprint density at radius 2 is 2.05 bits per heavy atom. The van der Waals surface area contributed by atoms with Crippen molar-refractivity contribution in [1.82, 2.24) is 10.6 Å². The second-order valence-corrected chi connectivity index (χ2v) is 4.68. The molecule has 5 heteroatoms. The lowest BCUT2D eigenvalue weighted by molar-refractivity contribution is -0.143. The van der Waals surface area contributed by atoms with Gasteiger partial charge in [-0.15, -0.1) is 0 Å². The van der Waals surface area contributed by atoms with E-state index >= 15 is 0 Å². The Labute approximate surface area is 126 Å². The molecule has 0 aliphatic heterocycles. The first kappa shape index (κ1) is 17.0. The molecule has 1 aromatic carbocycles. The van der Waals surface area contributed by atoms with Crippen LogP contribution < -0.4 is 10.6 Å². The lowest BCUT2D eigenvalue weighted by Crippen LogP contribution is -2.39. The highest BCUT2D eigenvalue weighted by molar-refractivity contribution is 5.80. The summed E-state index contributed by atoms with van der Waals surface area (Å²) in [6.45, 7) is 5.01. The first-order valence-electron chi connectivity index (χ1n) is 7.35. The molecule has 0 saturated carbocycles. The monoisotopic (exact) mass is 291 g/mol. The smallest absolute Gasteiger partial charge is 0.305 e. The molecule has 21 heavy (non-hydrogen) atoms. The van der Waals surface area contributed by atoms with Gasteiger partial charge in [-0.1, -0.05) is 30.3 Å². The molecule has 0 radical (unpaired) electrons. The van der Waals surface area contributed by atoms with Crippen molar-refractivity contribution in [3.63, 3.8) is 0 Å². The van der Waals surface area contributed by atoms with Gasteiger partial charge in [0.2, 0.25) is 0 Å². The third-order valence-corrected chi connectivity index (χ3v) is 3.03. The Morgan fingerprint density at radius 1 is 1.33 bits per heavy atom. The standard InChI is InChI=1S/C16H25N3O2/c1-4-21-15(20)11-8-12-18-16(17-3)19-13(2)14-9-6-5-7-10-14/h5-7,9-10,13H,4,8,11-12H2,1-3H3,(H2,17,18,19). The maximum atomic E-state index is 11.2. The van der Waals surface area contributed by atoms with Crippen LogP contribution in [-0.2, 0) is 9.53 Å². The van der Waals surface area contributed by atoms with Crippen LogP contribution in [0.1, 0.15) is 38.3 Å². The minimum atomic E-state index is -0.153. The van der Waals surface area contributed by atoms with Crippen molar-refractivity contribution in [3.05, 3.63) is 35.9 Å². The topological polar surface area (TPSA) is 62.7 Å². The Kier molecular flexibility index (Phi) is 7.94. The van der Waals surface area contributed by atoms with Crippen molar-refractivity contribution >= 4 is 11.9 Å². The summed E-state index contributed by atoms with van der Waals surface area (Å²) in [5, 5.41) is 6.52. The number of rotatable bonds is 7. The minimum absolute atomic E-state index is 0.153. The number of carbonyl (C=O) groups excluding carboxylic acids is 1. The summed E-state index contributed by atoms with van der Waals surface area (Å²) >= 11 is 0. The van der Waals surface area contributed by atoms with E-state index < -0.39 is 0 Å². The molecule has 0 aliphatic carbocycles. The zero-order valence-corrected chi connectivity index (χ0v) is 13.1. The van der Waals surface area contributed by atoms with Gasteiger partial charge in [0.25, 0.3) is 0 Å². The zero-order chi connectivity index (χ0) is 15.5. The second kappa shape index (κ2) is 9.80. The van der Waals surface area contributed by atoms with Gasteiger partial charge in [-0.3, -0.25) is 9.79 Å². The highest BCUT2D eigenvalue weighted by Gasteiger charge is 2.07. The third-order valence-electron chi connectivity index (χ3n) is 3.03. The van der Waals surface area contributed by atoms with E-state index in [1.165, 1.54) is 5.56 Å². The summed E-state index contributed by atoms with van der Waals surface area (Å²) in [6, 6.07) is 10.4. The predicted octanol–water partition coefficient (Wildman–Crippen LogP) is 2.26. The fraction of sp³-hybridized carbons (Fsp3) is 0.500. The van der Waals surface area contributed by atoms with Gasteiger partial charge in [-0.05, 0) is 25.8 Å². The first-order chi connectivity index (χ1) is 10.2. The van der Waals surface area contributed by atoms with Crippen molar-refractivity contribution in [3.8, 4) is 0 Å². The molecule has 5 nitrogen and oxygen atoms in total. The van der Waals surface area contributed by atoms with E-state index in [0.717, 1.165) is 12.4 Å². The molecular formula is C16H25N3O2. The highest BCUT2D eigenvalue weighted by Crippen LogP contribution is 2.10. The normalized spacial score (nSPS) is 12.6. The number of hydrogen-bond donors (Lipinski definition) is 2. The van der Waals surface area contributed by atoms with Gasteiger partial charge < -0.3 is 15.4 Å². The van der Waals surface area contributed by atoms with Crippen LogP contribution in [0.25, 0.3) is 0 Å². The van der Waals surface area contributed by atoms with Gasteiger partial charge in [0.05, 0.1) is 12.6 Å². The van der Waals surface area contributed by atoms with Crippen molar-refractivity contribution in [2.24, 2.45) is 4.99 Å². The van der Waals surface area contributed by atoms with Crippen LogP contribution >= 0.6 is 0 Å². The number of nitrogens with one attached hydrogen (secondary N) is 2. The molecule has 0 bridgehead atoms. The molecule has 2 N–H and O–H groups in total. The van der Waals surface area contributed by atoms with Gasteiger partial charge >= 0.3 is 5.97 Å². The molecule has 0 spiro atoms. The van der Waals surface area contributed by atoms with Crippen molar-refractivity contribution < 1.29 is 9.53 Å². The Bertz CT molecular complexity index is 446. The number of aliphatic imine (C=N–C) groups is 1. The number of ether oxygens (including phenoxy) is 1. The summed E-state index contributed by atoms with van der Waals surface area (Å²) < 4.78 is 4.89. The second-order valence-electron chi connectivity index (χ2n) is 4.68. The van der Waals surface area contributed by atoms with Gasteiger partial charge in [-0.25, -0.2) is 0 Å². The fourth-order valence-electron chi connectivity index (χ4n) is 1.90. The average molecular weight is 291 g/mol. The average Bonchev–Trinajstić information content (AvgIpc) is 2.51. The van der Waals surface area contributed by atoms with Crippen LogP contribution in [0.5, 0.6) is 0 Å². The fourth-order valence-corrected chi connectivity index (χ4v) is 1.90. The Hall–Kier alpha value is -2.04. The van der Waals surface area contributed by atoms with E-state index in [2.05, 4.69) is 34.7 Å². The molecule has 0 amide bonds. The molecule has 0 aromatic heterocycles. The molecule has 1 unspecified atom stereocenters. The van der Waals surface area contributed by atoms with E-state index in [1.807, 2.05) is 25.1 Å². The van der Waals surface area contributed by atoms with Gasteiger partial charge in [0.1, 0.15) is 0 Å². The Balaban J connectivity index is 2.31. The molecule has 1 aromatic rings. The minimum Gasteiger partial charge on any atom is -0.466 e. The zero-order valence-electron chi connectivity index (χ0n) is 13.1. The number of guanidine groups is 1. The predicted molar refractivity (Wildman–Crippen MR) is 85.2 cm³/mol. The molecule has 0 heterocycles. The van der Waals surface area contributed by atoms with E-state index in [0.29, 0.717) is 19.6 Å². The van der Waals surface area contributed by atoms with Crippen LogP contribution in [0.3, 0.4) is 0 Å². The van der Waals surface area contributed by atoms with Crippen molar-refractivity contribution in [2.75, 3.05) is 20.2 Å². The van der Waals surface area contributed by atoms with Gasteiger partial charge in [0.15, 0.2) is 5.96 Å². The van der Waals surface area contributed by atoms with E-state index in [-0.39, 0.29) is 12.0 Å². The third kappa shape index (κ3) is 6.79. The number of hydrogen-bond acceptors (Lipinski definition) is 3. The van der Waals surface area contributed by atoms with Crippen LogP contribution in [-0.4, -0.2) is 32.1 Å². The van der Waals surface area contributed by atoms with Gasteiger partial charge in [0, 0.05) is 20.0 Å². The molecule has 1 atom stereocenters. The van der Waals surface area contributed by atoms with E-state index in [1.54, 1.807) is 7.05 Å². The van der Waals surface area contributed by atoms with Crippen LogP contribution in [0.4, 0.5) is 0 Å². The summed E-state index contributed by atoms with van der Waals surface area (Å²) in [4.78, 5) is 15.4. The molecule has 1 rings (SSSR count). The van der Waals surface area contributed by atoms with Crippen LogP contribution in [0, 0.1) is 0 Å². The summed E-state index contributed by atoms with van der Waals surface area (Å²) in [5.41, 5.74) is 1.20. The summed E-state index contributed by atoms with van der Waals surface area (Å²) in [6.07, 6.45) is 1.14. The van der Waals surface area contributed by atoms with Crippen LogP contribution in [0.15, 0.2) is 35.3 Å². The number of esters is 1. The summed E-state index contributed by atoms with van der Waals surface area (Å²) in [5.74, 6) is 0.579.